The van der Waals surface area contributed by atoms with E-state index in [2.05, 4.69) is 15.2 Å². The largest absolute Gasteiger partial charge is 0.506 e. The minimum Gasteiger partial charge on any atom is -0.506 e. The highest BCUT2D eigenvalue weighted by atomic mass is 16.3. The lowest BCUT2D eigenvalue weighted by molar-refractivity contribution is -0.120. The first-order valence-electron chi connectivity index (χ1n) is 7.87. The molecule has 0 saturated carbocycles. The molecule has 2 aromatic rings. The standard InChI is InChI=1S/C18H19N3O2/c1-12-6-7-16(22)15(19-12)10-21-9-8-18(11-21)13-4-2-3-5-14(13)20-17(18)23/h2-7,22H,8-11H2,1H3,(H,20,23). The minimum atomic E-state index is -0.462. The number of nitrogens with zero attached hydrogens (tertiary/aromatic N) is 2. The average Bonchev–Trinajstić information content (AvgIpc) is 3.07. The van der Waals surface area contributed by atoms with Crippen LogP contribution in [0.5, 0.6) is 5.75 Å². The minimum absolute atomic E-state index is 0.0858. The van der Waals surface area contributed by atoms with Crippen LogP contribution in [0.3, 0.4) is 0 Å². The summed E-state index contributed by atoms with van der Waals surface area (Å²) in [7, 11) is 0. The van der Waals surface area contributed by atoms with Crippen LogP contribution in [-0.2, 0) is 16.8 Å². The molecule has 0 radical (unpaired) electrons. The molecule has 2 aliphatic heterocycles. The van der Waals surface area contributed by atoms with Crippen LogP contribution in [0.4, 0.5) is 5.69 Å². The summed E-state index contributed by atoms with van der Waals surface area (Å²) in [4.78, 5) is 19.2. The van der Waals surface area contributed by atoms with E-state index in [0.29, 0.717) is 18.8 Å². The fourth-order valence-corrected chi connectivity index (χ4v) is 3.73. The number of carbonyl (C=O) groups excluding carboxylic acids is 1. The Labute approximate surface area is 135 Å². The summed E-state index contributed by atoms with van der Waals surface area (Å²) >= 11 is 0. The van der Waals surface area contributed by atoms with Gasteiger partial charge in [-0.05, 0) is 37.1 Å². The molecule has 23 heavy (non-hydrogen) atoms. The number of rotatable bonds is 2. The Hall–Kier alpha value is -2.40. The molecule has 2 aliphatic rings. The highest BCUT2D eigenvalue weighted by Crippen LogP contribution is 2.44. The molecule has 1 amide bonds. The zero-order valence-electron chi connectivity index (χ0n) is 13.0. The Balaban J connectivity index is 1.60. The van der Waals surface area contributed by atoms with E-state index >= 15 is 0 Å². The van der Waals surface area contributed by atoms with Crippen molar-refractivity contribution < 1.29 is 9.90 Å². The van der Waals surface area contributed by atoms with Crippen molar-refractivity contribution in [3.8, 4) is 5.75 Å². The smallest absolute Gasteiger partial charge is 0.236 e. The SMILES string of the molecule is Cc1ccc(O)c(CN2CCC3(C2)C(=O)Nc2ccccc23)n1. The quantitative estimate of drug-likeness (QED) is 0.892. The number of aromatic hydroxyl groups is 1. The summed E-state index contributed by atoms with van der Waals surface area (Å²) in [5.74, 6) is 0.301. The molecule has 1 unspecified atom stereocenters. The molecular formula is C18H19N3O2. The Morgan fingerprint density at radius 1 is 1.30 bits per heavy atom. The number of hydrogen-bond donors (Lipinski definition) is 2. The van der Waals surface area contributed by atoms with Crippen LogP contribution in [0.15, 0.2) is 36.4 Å². The number of likely N-dealkylation sites (tertiary alicyclic amines) is 1. The van der Waals surface area contributed by atoms with Gasteiger partial charge in [-0.3, -0.25) is 14.7 Å². The van der Waals surface area contributed by atoms with Gasteiger partial charge < -0.3 is 10.4 Å². The third-order valence-electron chi connectivity index (χ3n) is 4.94. The summed E-state index contributed by atoms with van der Waals surface area (Å²) in [6, 6.07) is 11.4. The van der Waals surface area contributed by atoms with Crippen molar-refractivity contribution in [1.29, 1.82) is 0 Å². The lowest BCUT2D eigenvalue weighted by atomic mass is 9.81. The monoisotopic (exact) mass is 309 g/mol. The van der Waals surface area contributed by atoms with Crippen molar-refractivity contribution in [2.24, 2.45) is 0 Å². The molecule has 2 N–H and O–H groups in total. The number of pyridine rings is 1. The summed E-state index contributed by atoms with van der Waals surface area (Å²) in [6.07, 6.45) is 0.794. The van der Waals surface area contributed by atoms with Gasteiger partial charge in [-0.25, -0.2) is 0 Å². The van der Waals surface area contributed by atoms with Gasteiger partial charge in [-0.1, -0.05) is 18.2 Å². The maximum Gasteiger partial charge on any atom is 0.236 e. The van der Waals surface area contributed by atoms with Crippen molar-refractivity contribution in [2.45, 2.75) is 25.3 Å². The van der Waals surface area contributed by atoms with Gasteiger partial charge in [0.05, 0.1) is 11.1 Å². The molecule has 1 spiro atoms. The molecule has 0 bridgehead atoms. The second-order valence-corrected chi connectivity index (χ2v) is 6.46. The molecule has 1 aromatic heterocycles. The van der Waals surface area contributed by atoms with E-state index in [4.69, 9.17) is 0 Å². The zero-order valence-corrected chi connectivity index (χ0v) is 13.0. The van der Waals surface area contributed by atoms with E-state index in [9.17, 15) is 9.90 Å². The average molecular weight is 309 g/mol. The van der Waals surface area contributed by atoms with E-state index in [1.54, 1.807) is 12.1 Å². The summed E-state index contributed by atoms with van der Waals surface area (Å²) in [5, 5.41) is 13.0. The number of fused-ring (bicyclic) bond motifs is 2. The first-order chi connectivity index (χ1) is 11.1. The van der Waals surface area contributed by atoms with Crippen LogP contribution >= 0.6 is 0 Å². The number of amides is 1. The molecule has 5 heteroatoms. The number of anilines is 1. The first-order valence-corrected chi connectivity index (χ1v) is 7.87. The van der Waals surface area contributed by atoms with Crippen LogP contribution in [0, 0.1) is 6.92 Å². The number of nitrogens with one attached hydrogen (secondary N) is 1. The molecule has 118 valence electrons. The Morgan fingerprint density at radius 2 is 2.13 bits per heavy atom. The summed E-state index contributed by atoms with van der Waals surface area (Å²) < 4.78 is 0. The second-order valence-electron chi connectivity index (χ2n) is 6.46. The van der Waals surface area contributed by atoms with Crippen LogP contribution in [-0.4, -0.2) is 34.0 Å². The number of benzene rings is 1. The van der Waals surface area contributed by atoms with Gasteiger partial charge in [0.15, 0.2) is 0 Å². The molecule has 0 aliphatic carbocycles. The maximum absolute atomic E-state index is 12.6. The number of aryl methyl sites for hydroxylation is 1. The molecular weight excluding hydrogens is 290 g/mol. The van der Waals surface area contributed by atoms with Gasteiger partial charge >= 0.3 is 0 Å². The lowest BCUT2D eigenvalue weighted by Crippen LogP contribution is -2.37. The number of aromatic nitrogens is 1. The van der Waals surface area contributed by atoms with Crippen molar-refractivity contribution in [3.05, 3.63) is 53.3 Å². The van der Waals surface area contributed by atoms with E-state index in [0.717, 1.165) is 29.9 Å². The zero-order chi connectivity index (χ0) is 16.0. The third-order valence-corrected chi connectivity index (χ3v) is 4.94. The number of para-hydroxylation sites is 1. The molecule has 5 nitrogen and oxygen atoms in total. The summed E-state index contributed by atoms with van der Waals surface area (Å²) in [6.45, 7) is 3.95. The van der Waals surface area contributed by atoms with Crippen LogP contribution in [0.1, 0.15) is 23.4 Å². The van der Waals surface area contributed by atoms with Gasteiger partial charge in [0, 0.05) is 31.0 Å². The van der Waals surface area contributed by atoms with Crippen molar-refractivity contribution in [3.63, 3.8) is 0 Å². The highest BCUT2D eigenvalue weighted by Gasteiger charge is 2.50. The Bertz CT molecular complexity index is 790. The molecule has 3 heterocycles. The van der Waals surface area contributed by atoms with Gasteiger partial charge in [-0.2, -0.15) is 0 Å². The maximum atomic E-state index is 12.6. The molecule has 1 aromatic carbocycles. The van der Waals surface area contributed by atoms with Crippen LogP contribution in [0.25, 0.3) is 0 Å². The van der Waals surface area contributed by atoms with E-state index < -0.39 is 5.41 Å². The van der Waals surface area contributed by atoms with Crippen molar-refractivity contribution in [2.75, 3.05) is 18.4 Å². The predicted octanol–water partition coefficient (Wildman–Crippen LogP) is 2.19. The third kappa shape index (κ3) is 2.19. The van der Waals surface area contributed by atoms with E-state index in [1.807, 2.05) is 31.2 Å². The molecule has 1 atom stereocenters. The normalized spacial score (nSPS) is 23.3. The van der Waals surface area contributed by atoms with Gasteiger partial charge in [-0.15, -0.1) is 0 Å². The van der Waals surface area contributed by atoms with Crippen molar-refractivity contribution in [1.82, 2.24) is 9.88 Å². The highest BCUT2D eigenvalue weighted by molar-refractivity contribution is 6.06. The molecule has 4 rings (SSSR count). The first kappa shape index (κ1) is 14.2. The van der Waals surface area contributed by atoms with Crippen LogP contribution < -0.4 is 5.32 Å². The van der Waals surface area contributed by atoms with Gasteiger partial charge in [0.2, 0.25) is 5.91 Å². The Kier molecular flexibility index (Phi) is 3.13. The Morgan fingerprint density at radius 3 is 3.00 bits per heavy atom. The van der Waals surface area contributed by atoms with Gasteiger partial charge in [0.1, 0.15) is 5.75 Å². The lowest BCUT2D eigenvalue weighted by Gasteiger charge is -2.22. The van der Waals surface area contributed by atoms with Gasteiger partial charge in [0.25, 0.3) is 0 Å². The van der Waals surface area contributed by atoms with E-state index in [1.165, 1.54) is 0 Å². The number of hydrogen-bond acceptors (Lipinski definition) is 4. The molecule has 1 fully saturated rings. The number of carbonyl (C=O) groups is 1. The fraction of sp³-hybridized carbons (Fsp3) is 0.333. The topological polar surface area (TPSA) is 65.5 Å². The fourth-order valence-electron chi connectivity index (χ4n) is 3.73. The van der Waals surface area contributed by atoms with Crippen LogP contribution in [0.2, 0.25) is 0 Å². The predicted molar refractivity (Wildman–Crippen MR) is 87.3 cm³/mol. The summed E-state index contributed by atoms with van der Waals surface area (Å²) in [5.41, 5.74) is 3.12. The van der Waals surface area contributed by atoms with E-state index in [-0.39, 0.29) is 11.7 Å². The second kappa shape index (κ2) is 5.06. The molecule has 1 saturated heterocycles. The van der Waals surface area contributed by atoms with Crippen molar-refractivity contribution >= 4 is 11.6 Å².